The number of piperidine rings is 1. The van der Waals surface area contributed by atoms with Gasteiger partial charge in [0, 0.05) is 52.2 Å². The van der Waals surface area contributed by atoms with Crippen LogP contribution in [0, 0.1) is 18.3 Å². The van der Waals surface area contributed by atoms with Gasteiger partial charge < -0.3 is 43.7 Å². The average molecular weight is 1550 g/mol. The first kappa shape index (κ1) is 83.5. The van der Waals surface area contributed by atoms with E-state index in [-0.39, 0.29) is 65.5 Å². The van der Waals surface area contributed by atoms with Gasteiger partial charge >= 0.3 is 12.0 Å². The molecule has 26 nitrogen and oxygen atoms in total. The quantitative estimate of drug-likeness (QED) is 0.00572. The van der Waals surface area contributed by atoms with Crippen molar-refractivity contribution in [3.8, 4) is 34.6 Å². The van der Waals surface area contributed by atoms with Gasteiger partial charge in [0.1, 0.15) is 40.7 Å². The first-order valence-electron chi connectivity index (χ1n) is 36.5. The van der Waals surface area contributed by atoms with Crippen LogP contribution < -0.4 is 40.1 Å². The highest BCUT2D eigenvalue weighted by Gasteiger charge is 2.63. The van der Waals surface area contributed by atoms with Crippen LogP contribution in [0.3, 0.4) is 0 Å². The maximum atomic E-state index is 12.7. The number of urea groups is 1. The number of nitrogens with one attached hydrogen (secondary N) is 3. The number of thioether (sulfide) groups is 2. The molecule has 0 bridgehead atoms. The number of likely N-dealkylation sites (tertiary alicyclic amines) is 1. The zero-order chi connectivity index (χ0) is 79.6. The van der Waals surface area contributed by atoms with E-state index in [1.807, 2.05) is 99.1 Å². The van der Waals surface area contributed by atoms with Gasteiger partial charge in [0.25, 0.3) is 11.8 Å². The fourth-order valence-corrected chi connectivity index (χ4v) is 13.6. The molecule has 0 saturated carbocycles. The molecule has 0 radical (unpaired) electrons. The van der Waals surface area contributed by atoms with E-state index in [9.17, 15) is 48.3 Å². The van der Waals surface area contributed by atoms with Crippen molar-refractivity contribution in [2.75, 3.05) is 89.9 Å². The van der Waals surface area contributed by atoms with Crippen molar-refractivity contribution in [3.63, 3.8) is 0 Å². The average Bonchev–Trinajstić information content (AvgIpc) is 1.56. The molecule has 0 aliphatic carbocycles. The maximum Gasteiger partial charge on any atom is 0.352 e. The first-order valence-corrected chi connectivity index (χ1v) is 38.9. The summed E-state index contributed by atoms with van der Waals surface area (Å²) in [5, 5.41) is 18.6. The smallest absolute Gasteiger partial charge is 0.352 e. The Bertz CT molecular complexity index is 4860. The molecule has 582 valence electrons. The van der Waals surface area contributed by atoms with Crippen LogP contribution in [0.5, 0.6) is 28.9 Å². The molecule has 7 heterocycles. The molecule has 4 N–H and O–H groups in total. The number of anilines is 1. The molecule has 3 unspecified atom stereocenters. The summed E-state index contributed by atoms with van der Waals surface area (Å²) in [4.78, 5) is 130. The zero-order valence-electron chi connectivity index (χ0n) is 63.7. The van der Waals surface area contributed by atoms with Crippen LogP contribution in [-0.2, 0) is 35.1 Å². The summed E-state index contributed by atoms with van der Waals surface area (Å²) < 4.78 is 28.1. The normalized spacial score (nSPS) is 16.4. The number of hydrazone groups is 1. The number of hydrogen-bond donors (Lipinski definition) is 4. The third-order valence-corrected chi connectivity index (χ3v) is 19.9. The van der Waals surface area contributed by atoms with Crippen molar-refractivity contribution in [3.05, 3.63) is 202 Å². The summed E-state index contributed by atoms with van der Waals surface area (Å²) in [6.07, 6.45) is 11.8. The van der Waals surface area contributed by atoms with Crippen LogP contribution in [0.2, 0.25) is 0 Å². The van der Waals surface area contributed by atoms with E-state index >= 15 is 0 Å². The number of H-pyrrole nitrogens is 1. The third kappa shape index (κ3) is 21.9. The Balaban J connectivity index is 0.000000160. The molecule has 13 rings (SSSR count). The predicted octanol–water partition coefficient (Wildman–Crippen LogP) is 12.1. The van der Waals surface area contributed by atoms with Crippen molar-refractivity contribution in [2.24, 2.45) is 21.4 Å². The number of para-hydroxylation sites is 2. The van der Waals surface area contributed by atoms with Crippen LogP contribution in [0.1, 0.15) is 104 Å². The van der Waals surface area contributed by atoms with Gasteiger partial charge in [-0.3, -0.25) is 48.4 Å². The number of rotatable bonds is 26. The predicted molar refractivity (Wildman–Crippen MR) is 431 cm³/mol. The van der Waals surface area contributed by atoms with Gasteiger partial charge in [-0.2, -0.15) is 21.8 Å². The number of aromatic nitrogens is 4. The molecule has 28 heteroatoms. The minimum Gasteiger partial charge on any atom is -0.507 e. The Morgan fingerprint density at radius 2 is 1.42 bits per heavy atom. The zero-order valence-corrected chi connectivity index (χ0v) is 65.3. The number of aromatic hydroxyl groups is 1. The highest BCUT2D eigenvalue weighted by atomic mass is 32.2. The van der Waals surface area contributed by atoms with E-state index in [0.29, 0.717) is 60.0 Å². The van der Waals surface area contributed by atoms with Crippen molar-refractivity contribution in [2.45, 2.75) is 90.8 Å². The van der Waals surface area contributed by atoms with Crippen LogP contribution in [0.15, 0.2) is 184 Å². The number of phenols is 1. The Morgan fingerprint density at radius 1 is 0.730 bits per heavy atom. The van der Waals surface area contributed by atoms with Crippen LogP contribution in [-0.4, -0.2) is 185 Å². The largest absolute Gasteiger partial charge is 0.507 e. The molecule has 111 heavy (non-hydrogen) atoms. The summed E-state index contributed by atoms with van der Waals surface area (Å²) in [6, 6.07) is 45.8. The molecule has 3 fully saturated rings. The molecule has 3 saturated heterocycles. The van der Waals surface area contributed by atoms with E-state index in [2.05, 4.69) is 71.0 Å². The molecule has 4 aliphatic rings. The SMILES string of the molecule is CCCOc1nc(SCCC)nc2c1ccn2-c1ccccc1.CCOc1ccc(CC(=O)CN2C(=O)NC(CCSC)C2=O)cc1.COC(=O)C1=NCC2(C)C(=O)N(c3ccc(C)cc3)C(=O)C12.COc1ccc(C(=O)CN2CCCCC2)cc1.COc1ccc(O)c(/C=N/NC(=O)c2cc(=O)[nH]c3ccccc23)c1. The molecule has 6 amide bonds. The van der Waals surface area contributed by atoms with Gasteiger partial charge in [-0.15, -0.1) is 0 Å². The number of methoxy groups -OCH3 is 3. The third-order valence-electron chi connectivity index (χ3n) is 18.3. The van der Waals surface area contributed by atoms with E-state index in [4.69, 9.17) is 23.9 Å². The first-order chi connectivity index (χ1) is 53.6. The number of nitrogens with zero attached hydrogens (tertiary/aromatic N) is 8. The lowest BCUT2D eigenvalue weighted by Gasteiger charge is -2.25. The number of esters is 1. The fourth-order valence-electron chi connectivity index (χ4n) is 12.4. The number of carbonyl (C=O) groups excluding carboxylic acids is 8. The number of ketones is 2. The second-order valence-corrected chi connectivity index (χ2v) is 28.4. The van der Waals surface area contributed by atoms with E-state index < -0.39 is 41.2 Å². The summed E-state index contributed by atoms with van der Waals surface area (Å²) >= 11 is 3.29. The minimum absolute atomic E-state index is 0.000374. The summed E-state index contributed by atoms with van der Waals surface area (Å²) in [5.41, 5.74) is 7.32. The van der Waals surface area contributed by atoms with Crippen LogP contribution in [0.25, 0.3) is 27.6 Å². The van der Waals surface area contributed by atoms with Gasteiger partial charge in [-0.25, -0.2) is 24.9 Å². The number of hydrogen-bond acceptors (Lipinski definition) is 22. The molecular weight excluding hydrogens is 1460 g/mol. The Hall–Kier alpha value is -11.5. The van der Waals surface area contributed by atoms with Gasteiger partial charge in [-0.1, -0.05) is 98.3 Å². The monoisotopic (exact) mass is 1550 g/mol. The molecule has 6 aromatic carbocycles. The lowest BCUT2D eigenvalue weighted by Crippen LogP contribution is -2.36. The number of aliphatic imine (C=N–C) groups is 1. The van der Waals surface area contributed by atoms with Crippen LogP contribution >= 0.6 is 23.5 Å². The summed E-state index contributed by atoms with van der Waals surface area (Å²) in [6.45, 7) is 13.6. The number of aromatic amines is 1. The number of pyridine rings is 1. The molecule has 3 aromatic heterocycles. The van der Waals surface area contributed by atoms with Gasteiger partial charge in [-0.05, 0) is 175 Å². The van der Waals surface area contributed by atoms with E-state index in [0.717, 1.165) is 97.3 Å². The molecule has 4 aliphatic heterocycles. The number of aryl methyl sites for hydroxylation is 1. The second-order valence-electron chi connectivity index (χ2n) is 26.3. The number of amides is 6. The Morgan fingerprint density at radius 3 is 2.10 bits per heavy atom. The minimum atomic E-state index is -1.01. The highest BCUT2D eigenvalue weighted by Crippen LogP contribution is 2.45. The van der Waals surface area contributed by atoms with Crippen molar-refractivity contribution < 1.29 is 67.1 Å². The maximum absolute atomic E-state index is 12.7. The molecular formula is C83H93N11O15S2. The number of imide groups is 2. The Kier molecular flexibility index (Phi) is 30.7. The van der Waals surface area contributed by atoms with Crippen LogP contribution in [0.4, 0.5) is 10.5 Å². The number of Topliss-reactive ketones (excluding diaryl/α,β-unsaturated/α-hetero) is 2. The number of phenolic OH excluding ortho intramolecular Hbond substituents is 1. The highest BCUT2D eigenvalue weighted by molar-refractivity contribution is 7.99. The topological polar surface area (TPSA) is 325 Å². The fraction of sp³-hybridized carbons (Fsp3) is 0.337. The van der Waals surface area contributed by atoms with Crippen molar-refractivity contribution >= 4 is 110 Å². The standard InChI is InChI=1S/C18H15N3O4.C18H21N3OS.C17H22N2O4S.C16H16N2O4.C14H19NO2/c1-25-12-6-7-16(22)11(8-12)10-19-21-18(24)14-9-17(23)20-15-5-3-2-4-13(14)15;1-3-12-22-17-15-10-11-21(14-8-6-5-7-9-14)16(15)19-18(20-17)23-13-4-2;1-3-23-14-6-4-12(5-7-14)10-13(20)11-19-16(21)15(8-9-24-2)18-17(19)22;1-9-4-6-10(7-5-9)18-13(19)11-12(14(20)22-3)17-8-16(11,2)15(18)21;1-17-13-7-5-12(6-8-13)14(16)11-15-9-3-2-4-10-15/h2-10,22H,1H3,(H,20,23)(H,21,24);5-11H,3-4,12-13H2,1-2H3;4-7,15H,3,8-11H2,1-2H3,(H,18,22);4-7,11H,8H2,1-3H3;5-8H,2-4,9-11H2,1H3/b19-10+;;;;. The number of carbonyl (C=O) groups is 8. The van der Waals surface area contributed by atoms with Crippen molar-refractivity contribution in [1.29, 1.82) is 0 Å². The number of fused-ring (bicyclic) bond motifs is 3. The lowest BCUT2D eigenvalue weighted by molar-refractivity contribution is -0.134. The summed E-state index contributed by atoms with van der Waals surface area (Å²) in [7, 11) is 4.37. The van der Waals surface area contributed by atoms with E-state index in [1.165, 1.54) is 51.8 Å². The van der Waals surface area contributed by atoms with E-state index in [1.54, 1.807) is 98.2 Å². The second kappa shape index (κ2) is 40.8. The van der Waals surface area contributed by atoms with Gasteiger partial charge in [0.05, 0.1) is 82.4 Å². The molecule has 9 aromatic rings. The van der Waals surface area contributed by atoms with Gasteiger partial charge in [0.2, 0.25) is 23.3 Å². The molecule has 3 atom stereocenters. The Labute approximate surface area is 652 Å². The summed E-state index contributed by atoms with van der Waals surface area (Å²) in [5.74, 6) is 1.49. The lowest BCUT2D eigenvalue weighted by atomic mass is 9.79. The number of benzene rings is 6. The van der Waals surface area contributed by atoms with Crippen molar-refractivity contribution in [1.82, 2.24) is 40.1 Å². The number of ether oxygens (including phenoxy) is 5. The van der Waals surface area contributed by atoms with Gasteiger partial charge in [0.15, 0.2) is 22.4 Å². The molecule has 0 spiro atoms.